The molecule has 0 heterocycles. The van der Waals surface area contributed by atoms with Crippen molar-refractivity contribution in [3.05, 3.63) is 91.0 Å². The van der Waals surface area contributed by atoms with Crippen molar-refractivity contribution in [1.29, 1.82) is 0 Å². The molecule has 0 saturated heterocycles. The minimum Gasteiger partial charge on any atom is -0.399 e. The van der Waals surface area contributed by atoms with Gasteiger partial charge in [0.2, 0.25) is 0 Å². The van der Waals surface area contributed by atoms with Crippen LogP contribution in [0.4, 0.5) is 0 Å². The largest absolute Gasteiger partial charge is 0.399 e. The molecule has 0 N–H and O–H groups in total. The van der Waals surface area contributed by atoms with E-state index in [1.165, 1.54) is 34.8 Å². The molecule has 0 atom stereocenters. The van der Waals surface area contributed by atoms with Gasteiger partial charge in [-0.3, -0.25) is 0 Å². The molecule has 1 aliphatic carbocycles. The van der Waals surface area contributed by atoms with Crippen LogP contribution in [0.25, 0.3) is 0 Å². The Morgan fingerprint density at radius 1 is 0.593 bits per heavy atom. The van der Waals surface area contributed by atoms with Crippen LogP contribution in [-0.4, -0.2) is 13.9 Å². The summed E-state index contributed by atoms with van der Waals surface area (Å²) in [6, 6.07) is 32.8. The second-order valence-electron chi connectivity index (χ2n) is 7.89. The maximum atomic E-state index is 7.36. The maximum Gasteiger partial charge on any atom is 0.288 e. The van der Waals surface area contributed by atoms with E-state index in [1.807, 2.05) is 0 Å². The zero-order valence-electron chi connectivity index (χ0n) is 16.1. The van der Waals surface area contributed by atoms with Gasteiger partial charge < -0.3 is 4.43 Å². The fourth-order valence-corrected chi connectivity index (χ4v) is 8.75. The molecule has 4 rings (SSSR count). The predicted octanol–water partition coefficient (Wildman–Crippen LogP) is 4.39. The molecule has 0 amide bonds. The smallest absolute Gasteiger partial charge is 0.288 e. The topological polar surface area (TPSA) is 9.23 Å². The lowest BCUT2D eigenvalue weighted by Crippen LogP contribution is -2.72. The van der Waals surface area contributed by atoms with Crippen molar-refractivity contribution < 1.29 is 4.43 Å². The summed E-state index contributed by atoms with van der Waals surface area (Å²) in [6.45, 7) is 2.34. The summed E-state index contributed by atoms with van der Waals surface area (Å²) >= 11 is 0. The Hall–Kier alpha value is -2.16. The lowest BCUT2D eigenvalue weighted by molar-refractivity contribution is 0.0463. The van der Waals surface area contributed by atoms with Crippen molar-refractivity contribution in [2.24, 2.45) is 0 Å². The second kappa shape index (κ2) is 7.83. The highest BCUT2D eigenvalue weighted by Crippen LogP contribution is 2.33. The first-order valence-corrected chi connectivity index (χ1v) is 12.0. The molecule has 3 aromatic carbocycles. The molecular formula is C25H28OSi. The van der Waals surface area contributed by atoms with E-state index >= 15 is 0 Å². The highest BCUT2D eigenvalue weighted by Gasteiger charge is 2.47. The van der Waals surface area contributed by atoms with E-state index in [-0.39, 0.29) is 5.60 Å². The van der Waals surface area contributed by atoms with E-state index in [2.05, 4.69) is 97.9 Å². The maximum absolute atomic E-state index is 7.36. The van der Waals surface area contributed by atoms with Gasteiger partial charge in [-0.1, -0.05) is 110 Å². The molecule has 1 fully saturated rings. The molecule has 0 bridgehead atoms. The zero-order valence-corrected chi connectivity index (χ0v) is 17.1. The molecule has 0 radical (unpaired) electrons. The summed E-state index contributed by atoms with van der Waals surface area (Å²) in [5.74, 6) is 0. The van der Waals surface area contributed by atoms with Gasteiger partial charge in [0, 0.05) is 0 Å². The van der Waals surface area contributed by atoms with Crippen LogP contribution < -0.4 is 15.6 Å². The van der Waals surface area contributed by atoms with Crippen LogP contribution in [0.15, 0.2) is 91.0 Å². The summed E-state index contributed by atoms with van der Waals surface area (Å²) in [4.78, 5) is 0. The number of benzene rings is 3. The fraction of sp³-hybridized carbons (Fsp3) is 0.280. The molecular weight excluding hydrogens is 344 g/mol. The monoisotopic (exact) mass is 372 g/mol. The summed E-state index contributed by atoms with van der Waals surface area (Å²) in [5.41, 5.74) is -0.0635. The lowest BCUT2D eigenvalue weighted by Gasteiger charge is -2.44. The van der Waals surface area contributed by atoms with E-state index in [9.17, 15) is 0 Å². The molecule has 0 aliphatic heterocycles. The van der Waals surface area contributed by atoms with Crippen molar-refractivity contribution in [2.75, 3.05) is 0 Å². The van der Waals surface area contributed by atoms with Gasteiger partial charge in [-0.15, -0.1) is 0 Å². The summed E-state index contributed by atoms with van der Waals surface area (Å²) < 4.78 is 7.36. The van der Waals surface area contributed by atoms with Crippen LogP contribution in [0, 0.1) is 0 Å². The molecule has 3 aromatic rings. The minimum atomic E-state index is -2.58. The summed E-state index contributed by atoms with van der Waals surface area (Å²) in [5, 5.41) is 3.98. The van der Waals surface area contributed by atoms with Crippen LogP contribution >= 0.6 is 0 Å². The molecule has 1 saturated carbocycles. The Kier molecular flexibility index (Phi) is 5.28. The Balaban J connectivity index is 1.94. The Labute approximate surface area is 164 Å². The van der Waals surface area contributed by atoms with Crippen LogP contribution in [0.3, 0.4) is 0 Å². The van der Waals surface area contributed by atoms with Crippen LogP contribution in [0.1, 0.15) is 39.0 Å². The molecule has 0 aromatic heterocycles. The van der Waals surface area contributed by atoms with E-state index in [0.29, 0.717) is 0 Å². The summed E-state index contributed by atoms with van der Waals surface area (Å²) in [7, 11) is -2.58. The van der Waals surface area contributed by atoms with Crippen molar-refractivity contribution >= 4 is 23.9 Å². The standard InChI is InChI=1S/C25H28OSi/c1-25(20-12-5-13-21-25)26-27(22-14-6-2-7-15-22,23-16-8-3-9-17-23)24-18-10-4-11-19-24/h2-4,6-11,14-19H,5,12-13,20-21H2,1H3. The second-order valence-corrected chi connectivity index (χ2v) is 11.2. The highest BCUT2D eigenvalue weighted by molar-refractivity contribution is 7.07. The average molecular weight is 373 g/mol. The number of hydrogen-bond donors (Lipinski definition) is 0. The van der Waals surface area contributed by atoms with Gasteiger partial charge in [0.05, 0.1) is 5.60 Å². The third-order valence-corrected chi connectivity index (χ3v) is 10.1. The van der Waals surface area contributed by atoms with Gasteiger partial charge in [-0.2, -0.15) is 0 Å². The Bertz CT molecular complexity index is 743. The van der Waals surface area contributed by atoms with E-state index in [4.69, 9.17) is 4.43 Å². The quantitative estimate of drug-likeness (QED) is 0.477. The van der Waals surface area contributed by atoms with E-state index < -0.39 is 8.32 Å². The van der Waals surface area contributed by atoms with E-state index in [0.717, 1.165) is 12.8 Å². The molecule has 0 unspecified atom stereocenters. The minimum absolute atomic E-state index is 0.0635. The van der Waals surface area contributed by atoms with Crippen LogP contribution in [-0.2, 0) is 4.43 Å². The molecule has 0 spiro atoms. The molecule has 1 aliphatic rings. The van der Waals surface area contributed by atoms with Crippen molar-refractivity contribution in [3.8, 4) is 0 Å². The highest BCUT2D eigenvalue weighted by atomic mass is 28.4. The average Bonchev–Trinajstić information content (AvgIpc) is 2.74. The fourth-order valence-electron chi connectivity index (χ4n) is 4.47. The normalized spacial score (nSPS) is 16.8. The number of rotatable bonds is 5. The van der Waals surface area contributed by atoms with Gasteiger partial charge in [-0.25, -0.2) is 0 Å². The number of hydrogen-bond acceptors (Lipinski definition) is 1. The van der Waals surface area contributed by atoms with Gasteiger partial charge in [0.15, 0.2) is 0 Å². The van der Waals surface area contributed by atoms with Crippen LogP contribution in [0.2, 0.25) is 0 Å². The SMILES string of the molecule is CC1(O[Si](c2ccccc2)(c2ccccc2)c2ccccc2)CCCCC1. The molecule has 1 nitrogen and oxygen atoms in total. The first kappa shape index (κ1) is 18.2. The van der Waals surface area contributed by atoms with Crippen LogP contribution in [0.5, 0.6) is 0 Å². The molecule has 27 heavy (non-hydrogen) atoms. The van der Waals surface area contributed by atoms with Gasteiger partial charge >= 0.3 is 0 Å². The lowest BCUT2D eigenvalue weighted by atomic mass is 9.87. The van der Waals surface area contributed by atoms with Crippen molar-refractivity contribution in [2.45, 2.75) is 44.6 Å². The predicted molar refractivity (Wildman–Crippen MR) is 117 cm³/mol. The third-order valence-electron chi connectivity index (χ3n) is 5.85. The van der Waals surface area contributed by atoms with Gasteiger partial charge in [0.25, 0.3) is 8.32 Å². The summed E-state index contributed by atoms with van der Waals surface area (Å²) in [6.07, 6.45) is 6.15. The Morgan fingerprint density at radius 3 is 1.33 bits per heavy atom. The van der Waals surface area contributed by atoms with Crippen molar-refractivity contribution in [3.63, 3.8) is 0 Å². The Morgan fingerprint density at radius 2 is 0.963 bits per heavy atom. The first-order valence-electron chi connectivity index (χ1n) is 10.1. The van der Waals surface area contributed by atoms with Crippen molar-refractivity contribution in [1.82, 2.24) is 0 Å². The zero-order chi connectivity index (χ0) is 18.6. The molecule has 2 heteroatoms. The third kappa shape index (κ3) is 3.65. The molecule has 138 valence electrons. The van der Waals surface area contributed by atoms with Gasteiger partial charge in [0.1, 0.15) is 0 Å². The van der Waals surface area contributed by atoms with Gasteiger partial charge in [-0.05, 0) is 35.3 Å². The first-order chi connectivity index (χ1) is 13.2. The van der Waals surface area contributed by atoms with E-state index in [1.54, 1.807) is 0 Å².